The van der Waals surface area contributed by atoms with Crippen LogP contribution in [0.4, 0.5) is 11.4 Å². The maximum atomic E-state index is 12.8. The number of nitrogens with one attached hydrogen (secondary N) is 3. The van der Waals surface area contributed by atoms with Gasteiger partial charge in [-0.25, -0.2) is 4.98 Å². The molecule has 1 aromatic heterocycles. The Morgan fingerprint density at radius 2 is 1.49 bits per heavy atom. The van der Waals surface area contributed by atoms with Crippen LogP contribution in [0.2, 0.25) is 0 Å². The Balaban J connectivity index is 1.09. The quantitative estimate of drug-likeness (QED) is 0.256. The maximum Gasteiger partial charge on any atom is 0.228 e. The van der Waals surface area contributed by atoms with E-state index in [1.54, 1.807) is 0 Å². The number of carbonyl (C=O) groups excluding carboxylic acids is 2. The summed E-state index contributed by atoms with van der Waals surface area (Å²) in [6, 6.07) is 23.8. The van der Waals surface area contributed by atoms with Gasteiger partial charge in [0.05, 0.1) is 11.0 Å². The highest BCUT2D eigenvalue weighted by molar-refractivity contribution is 5.96. The minimum absolute atomic E-state index is 0.0368. The van der Waals surface area contributed by atoms with Crippen LogP contribution in [0.15, 0.2) is 72.8 Å². The normalized spacial score (nSPS) is 19.8. The smallest absolute Gasteiger partial charge is 0.228 e. The fraction of sp³-hybridized carbons (Fsp3) is 0.323. The van der Waals surface area contributed by atoms with Crippen LogP contribution in [0.1, 0.15) is 56.4 Å². The molecular formula is C31H32N4O2. The number of carbonyl (C=O) groups is 2. The predicted molar refractivity (Wildman–Crippen MR) is 147 cm³/mol. The zero-order valence-electron chi connectivity index (χ0n) is 20.9. The van der Waals surface area contributed by atoms with Gasteiger partial charge < -0.3 is 15.6 Å². The number of H-pyrrole nitrogens is 1. The molecule has 2 unspecified atom stereocenters. The van der Waals surface area contributed by atoms with Crippen molar-refractivity contribution in [2.24, 2.45) is 11.8 Å². The summed E-state index contributed by atoms with van der Waals surface area (Å²) in [5, 5.41) is 6.16. The molecule has 2 saturated carbocycles. The van der Waals surface area contributed by atoms with Crippen molar-refractivity contribution in [3.8, 4) is 11.4 Å². The molecular weight excluding hydrogens is 460 g/mol. The second-order valence-corrected chi connectivity index (χ2v) is 10.4. The van der Waals surface area contributed by atoms with Gasteiger partial charge in [-0.3, -0.25) is 9.59 Å². The van der Waals surface area contributed by atoms with Gasteiger partial charge in [-0.1, -0.05) is 56.0 Å². The first-order chi connectivity index (χ1) is 18.1. The first-order valence-electron chi connectivity index (χ1n) is 13.4. The Kier molecular flexibility index (Phi) is 6.47. The fourth-order valence-electron chi connectivity index (χ4n) is 5.51. The zero-order valence-corrected chi connectivity index (χ0v) is 20.9. The molecule has 6 rings (SSSR count). The molecule has 188 valence electrons. The molecule has 2 atom stereocenters. The van der Waals surface area contributed by atoms with Gasteiger partial charge in [0, 0.05) is 28.8 Å². The Hall–Kier alpha value is -3.93. The standard InChI is InChI=1S/C31H32N4O2/c36-30(22-10-4-1-2-5-11-22)33-24-16-17-27-28(18-24)35-29(34-27)21-12-14-23(15-13-21)32-31(37)26-19-25(26)20-8-6-3-7-9-20/h3,6-9,12-18,22,25-26H,1-2,4-5,10-11,19H2,(H,32,37)(H,33,36)(H,34,35). The average Bonchev–Trinajstić information content (AvgIpc) is 3.68. The third-order valence-corrected chi connectivity index (χ3v) is 7.76. The summed E-state index contributed by atoms with van der Waals surface area (Å²) in [7, 11) is 0. The molecule has 4 aromatic rings. The van der Waals surface area contributed by atoms with E-state index in [0.29, 0.717) is 5.92 Å². The molecule has 0 radical (unpaired) electrons. The van der Waals surface area contributed by atoms with E-state index in [4.69, 9.17) is 4.98 Å². The molecule has 2 fully saturated rings. The number of nitrogens with zero attached hydrogens (tertiary/aromatic N) is 1. The summed E-state index contributed by atoms with van der Waals surface area (Å²) < 4.78 is 0. The zero-order chi connectivity index (χ0) is 25.2. The van der Waals surface area contributed by atoms with Crippen molar-refractivity contribution in [1.82, 2.24) is 9.97 Å². The van der Waals surface area contributed by atoms with Crippen LogP contribution in [-0.2, 0) is 9.59 Å². The number of aromatic nitrogens is 2. The highest BCUT2D eigenvalue weighted by Gasteiger charge is 2.43. The summed E-state index contributed by atoms with van der Waals surface area (Å²) in [6.45, 7) is 0. The number of amides is 2. The number of rotatable bonds is 6. The topological polar surface area (TPSA) is 86.9 Å². The van der Waals surface area contributed by atoms with E-state index >= 15 is 0 Å². The summed E-state index contributed by atoms with van der Waals surface area (Å²) in [5.41, 5.74) is 5.48. The number of fused-ring (bicyclic) bond motifs is 1. The molecule has 0 spiro atoms. The first kappa shape index (κ1) is 23.5. The fourth-order valence-corrected chi connectivity index (χ4v) is 5.51. The first-order valence-corrected chi connectivity index (χ1v) is 13.4. The summed E-state index contributed by atoms with van der Waals surface area (Å²) in [5.74, 6) is 1.42. The molecule has 6 heteroatoms. The Morgan fingerprint density at radius 3 is 2.24 bits per heavy atom. The van der Waals surface area contributed by atoms with Crippen LogP contribution in [0.5, 0.6) is 0 Å². The van der Waals surface area contributed by atoms with Gasteiger partial charge in [0.25, 0.3) is 0 Å². The summed E-state index contributed by atoms with van der Waals surface area (Å²) in [6.07, 6.45) is 7.59. The van der Waals surface area contributed by atoms with Gasteiger partial charge in [-0.05, 0) is 73.2 Å². The summed E-state index contributed by atoms with van der Waals surface area (Å²) in [4.78, 5) is 33.6. The molecule has 2 aliphatic carbocycles. The molecule has 3 aromatic carbocycles. The summed E-state index contributed by atoms with van der Waals surface area (Å²) >= 11 is 0. The van der Waals surface area contributed by atoms with Crippen molar-refractivity contribution in [3.05, 3.63) is 78.4 Å². The lowest BCUT2D eigenvalue weighted by Crippen LogP contribution is -2.22. The van der Waals surface area contributed by atoms with Gasteiger partial charge in [-0.15, -0.1) is 0 Å². The van der Waals surface area contributed by atoms with Crippen LogP contribution in [0, 0.1) is 11.8 Å². The maximum absolute atomic E-state index is 12.8. The van der Waals surface area contributed by atoms with Crippen molar-refractivity contribution in [3.63, 3.8) is 0 Å². The number of hydrogen-bond donors (Lipinski definition) is 3. The van der Waals surface area contributed by atoms with E-state index < -0.39 is 0 Å². The van der Waals surface area contributed by atoms with Gasteiger partial charge in [-0.2, -0.15) is 0 Å². The molecule has 0 bridgehead atoms. The molecule has 2 amide bonds. The van der Waals surface area contributed by atoms with E-state index in [1.165, 1.54) is 18.4 Å². The van der Waals surface area contributed by atoms with Crippen molar-refractivity contribution >= 4 is 34.2 Å². The van der Waals surface area contributed by atoms with Gasteiger partial charge in [0.15, 0.2) is 0 Å². The van der Waals surface area contributed by atoms with Crippen LogP contribution >= 0.6 is 0 Å². The van der Waals surface area contributed by atoms with E-state index in [-0.39, 0.29) is 23.7 Å². The minimum Gasteiger partial charge on any atom is -0.338 e. The van der Waals surface area contributed by atoms with Crippen LogP contribution in [0.3, 0.4) is 0 Å². The highest BCUT2D eigenvalue weighted by Crippen LogP contribution is 2.47. The molecule has 1 heterocycles. The largest absolute Gasteiger partial charge is 0.338 e. The van der Waals surface area contributed by atoms with E-state index in [9.17, 15) is 9.59 Å². The monoisotopic (exact) mass is 492 g/mol. The van der Waals surface area contributed by atoms with Crippen molar-refractivity contribution in [2.75, 3.05) is 10.6 Å². The SMILES string of the molecule is O=C(Nc1ccc2nc(-c3ccc(NC(=O)C4CC4c4ccccc4)cc3)[nH]c2c1)C1CCCCCC1. The second-order valence-electron chi connectivity index (χ2n) is 10.4. The van der Waals surface area contributed by atoms with Gasteiger partial charge in [0.2, 0.25) is 11.8 Å². The van der Waals surface area contributed by atoms with Crippen molar-refractivity contribution in [2.45, 2.75) is 50.9 Å². The Bertz CT molecular complexity index is 1400. The minimum atomic E-state index is 0.0368. The lowest BCUT2D eigenvalue weighted by Gasteiger charge is -2.14. The number of benzene rings is 3. The third kappa shape index (κ3) is 5.29. The van der Waals surface area contributed by atoms with Crippen LogP contribution in [-0.4, -0.2) is 21.8 Å². The third-order valence-electron chi connectivity index (χ3n) is 7.76. The highest BCUT2D eigenvalue weighted by atomic mass is 16.2. The predicted octanol–water partition coefficient (Wildman–Crippen LogP) is 6.88. The average molecular weight is 493 g/mol. The number of imidazole rings is 1. The lowest BCUT2D eigenvalue weighted by molar-refractivity contribution is -0.120. The Morgan fingerprint density at radius 1 is 0.784 bits per heavy atom. The molecule has 2 aliphatic rings. The Labute approximate surface area is 216 Å². The molecule has 0 saturated heterocycles. The van der Waals surface area contributed by atoms with Crippen LogP contribution < -0.4 is 10.6 Å². The van der Waals surface area contributed by atoms with E-state index in [2.05, 4.69) is 27.8 Å². The lowest BCUT2D eigenvalue weighted by atomic mass is 9.99. The molecule has 37 heavy (non-hydrogen) atoms. The number of aromatic amines is 1. The van der Waals surface area contributed by atoms with Crippen LogP contribution in [0.25, 0.3) is 22.4 Å². The van der Waals surface area contributed by atoms with Gasteiger partial charge in [0.1, 0.15) is 5.82 Å². The van der Waals surface area contributed by atoms with E-state index in [0.717, 1.165) is 65.9 Å². The molecule has 6 nitrogen and oxygen atoms in total. The number of anilines is 2. The van der Waals surface area contributed by atoms with Gasteiger partial charge >= 0.3 is 0 Å². The molecule has 3 N–H and O–H groups in total. The number of hydrogen-bond acceptors (Lipinski definition) is 3. The van der Waals surface area contributed by atoms with Crippen molar-refractivity contribution < 1.29 is 9.59 Å². The second kappa shape index (κ2) is 10.2. The molecule has 0 aliphatic heterocycles. The van der Waals surface area contributed by atoms with Crippen molar-refractivity contribution in [1.29, 1.82) is 0 Å². The van der Waals surface area contributed by atoms with E-state index in [1.807, 2.05) is 60.7 Å².